The summed E-state index contributed by atoms with van der Waals surface area (Å²) in [4.78, 5) is 75.6. The smallest absolute Gasteiger partial charge is 0.490 e. The minimum Gasteiger partial charge on any atom is -0.497 e. The number of rotatable bonds is 28. The summed E-state index contributed by atoms with van der Waals surface area (Å²) >= 11 is 0. The van der Waals surface area contributed by atoms with E-state index in [9.17, 15) is 52.2 Å². The molecule has 0 aliphatic carbocycles. The predicted octanol–water partition coefficient (Wildman–Crippen LogP) is 2.98. The molecule has 2 heterocycles. The highest BCUT2D eigenvalue weighted by Crippen LogP contribution is 2.70. The van der Waals surface area contributed by atoms with E-state index in [0.717, 1.165) is 6.42 Å². The number of phosphoric ester groups is 1. The van der Waals surface area contributed by atoms with Gasteiger partial charge < -0.3 is 48.8 Å². The van der Waals surface area contributed by atoms with Crippen LogP contribution in [0.15, 0.2) is 33.5 Å². The Labute approximate surface area is 329 Å². The number of benzene rings is 1. The Kier molecular flexibility index (Phi) is 20.2. The average molecular weight is 891 g/mol. The lowest BCUT2D eigenvalue weighted by Crippen LogP contribution is -2.29. The second-order valence-electron chi connectivity index (χ2n) is 12.8. The van der Waals surface area contributed by atoms with Crippen LogP contribution in [0.1, 0.15) is 74.6 Å². The van der Waals surface area contributed by atoms with Crippen LogP contribution in [0.3, 0.4) is 0 Å². The Morgan fingerprint density at radius 2 is 1.47 bits per heavy atom. The molecule has 7 N–H and O–H groups in total. The molecule has 1 aliphatic rings. The molecule has 1 aliphatic heterocycles. The summed E-state index contributed by atoms with van der Waals surface area (Å²) in [5, 5.41) is 8.05. The minimum absolute atomic E-state index is 0.0985. The Balaban J connectivity index is 1.16. The number of hydrogen-bond donors (Lipinski definition) is 7. The number of unbranched alkanes of at least 4 members (excludes halogenated alkanes) is 5. The zero-order valence-corrected chi connectivity index (χ0v) is 35.1. The van der Waals surface area contributed by atoms with Crippen molar-refractivity contribution in [3.05, 3.63) is 40.2 Å². The maximum absolute atomic E-state index is 12.5. The molecule has 1 fully saturated rings. The molecule has 27 heteroatoms. The van der Waals surface area contributed by atoms with Crippen LogP contribution in [-0.4, -0.2) is 97.9 Å². The summed E-state index contributed by atoms with van der Waals surface area (Å²) in [6.45, 7) is 0.695. The van der Waals surface area contributed by atoms with Crippen LogP contribution in [-0.2, 0) is 50.0 Å². The minimum atomic E-state index is -5.81. The number of carbonyl (C=O) groups is 2. The van der Waals surface area contributed by atoms with Gasteiger partial charge >= 0.3 is 36.8 Å². The van der Waals surface area contributed by atoms with Crippen molar-refractivity contribution < 1.29 is 83.5 Å². The first kappa shape index (κ1) is 49.1. The first-order valence-corrected chi connectivity index (χ1v) is 24.1. The molecule has 1 aromatic heterocycles. The van der Waals surface area contributed by atoms with Gasteiger partial charge in [0.2, 0.25) is 5.91 Å². The topological polar surface area (TPSA) is 314 Å². The van der Waals surface area contributed by atoms with Crippen molar-refractivity contribution in [3.8, 4) is 5.75 Å². The highest BCUT2D eigenvalue weighted by Gasteiger charge is 2.45. The summed E-state index contributed by atoms with van der Waals surface area (Å²) in [6, 6.07) is 6.29. The molecule has 322 valence electrons. The van der Waals surface area contributed by atoms with Gasteiger partial charge in [-0.05, 0) is 56.7 Å². The van der Waals surface area contributed by atoms with Gasteiger partial charge in [-0.1, -0.05) is 19.3 Å². The molecule has 2 amide bonds. The summed E-state index contributed by atoms with van der Waals surface area (Å²) in [6.07, 6.45) is 4.89. The lowest BCUT2D eigenvalue weighted by Gasteiger charge is -2.20. The van der Waals surface area contributed by atoms with Crippen molar-refractivity contribution >= 4 is 61.8 Å². The lowest BCUT2D eigenvalue weighted by atomic mass is 9.97. The first-order chi connectivity index (χ1) is 26.8. The third-order valence-corrected chi connectivity index (χ3v) is 14.1. The number of amides is 2. The molecule has 2 aromatic rings. The third kappa shape index (κ3) is 19.6. The molecule has 6 atom stereocenters. The van der Waals surface area contributed by atoms with E-state index in [1.807, 2.05) is 5.09 Å². The SMILES string of the molecule is B[C@H]1CC[C@@H](COP(=O)(O)OP(=O)(O)OP(=O)(O)OP(=O)(O)NCCCCCCCNC(=O)CCOCCCCNC(=O)c2cc3ccc(OC)cc3oc2=O)O1. The Bertz CT molecular complexity index is 1890. The van der Waals surface area contributed by atoms with Crippen molar-refractivity contribution in [2.24, 2.45) is 0 Å². The number of nitrogens with one attached hydrogen (secondary N) is 3. The van der Waals surface area contributed by atoms with Gasteiger partial charge in [-0.2, -0.15) is 12.9 Å². The number of fused-ring (bicyclic) bond motifs is 1. The van der Waals surface area contributed by atoms with Gasteiger partial charge in [0, 0.05) is 50.1 Å². The van der Waals surface area contributed by atoms with Gasteiger partial charge in [0.25, 0.3) is 5.91 Å². The zero-order chi connectivity index (χ0) is 42.1. The molecular formula is C30H50BN3O19P4. The van der Waals surface area contributed by atoms with E-state index in [2.05, 4.69) is 28.1 Å². The van der Waals surface area contributed by atoms with Gasteiger partial charge in [0.05, 0.1) is 26.4 Å². The molecule has 4 unspecified atom stereocenters. The van der Waals surface area contributed by atoms with Crippen LogP contribution in [0.4, 0.5) is 0 Å². The van der Waals surface area contributed by atoms with Crippen LogP contribution in [0.25, 0.3) is 11.0 Å². The van der Waals surface area contributed by atoms with E-state index in [1.54, 1.807) is 26.0 Å². The highest BCUT2D eigenvalue weighted by molar-refractivity contribution is 7.70. The maximum Gasteiger partial charge on any atom is 0.490 e. The summed E-state index contributed by atoms with van der Waals surface area (Å²) in [5.74, 6) is -0.203. The van der Waals surface area contributed by atoms with E-state index < -0.39 is 55.5 Å². The quantitative estimate of drug-likeness (QED) is 0.0279. The molecule has 0 radical (unpaired) electrons. The normalized spacial score (nSPS) is 19.9. The van der Waals surface area contributed by atoms with Crippen molar-refractivity contribution in [2.75, 3.05) is 46.6 Å². The van der Waals surface area contributed by atoms with Crippen LogP contribution in [0.5, 0.6) is 5.75 Å². The zero-order valence-electron chi connectivity index (χ0n) is 31.5. The van der Waals surface area contributed by atoms with Crippen molar-refractivity contribution in [2.45, 2.75) is 76.3 Å². The molecule has 22 nitrogen and oxygen atoms in total. The summed E-state index contributed by atoms with van der Waals surface area (Å²) in [7, 11) is -18.7. The van der Waals surface area contributed by atoms with E-state index in [4.69, 9.17) is 18.6 Å². The van der Waals surface area contributed by atoms with Gasteiger partial charge in [0.15, 0.2) is 0 Å². The first-order valence-electron chi connectivity index (χ1n) is 18.0. The fraction of sp³-hybridized carbons (Fsp3) is 0.633. The van der Waals surface area contributed by atoms with Crippen molar-refractivity contribution in [1.29, 1.82) is 0 Å². The molecule has 0 spiro atoms. The lowest BCUT2D eigenvalue weighted by molar-refractivity contribution is -0.122. The second-order valence-corrected chi connectivity index (χ2v) is 19.2. The largest absolute Gasteiger partial charge is 0.497 e. The number of hydrogen-bond acceptors (Lipinski definition) is 15. The standard InChI is InChI=1S/C30H50BN3O19P4/c1-46-23-10-9-22-19-25(30(37)50-26(22)20-23)29(36)33-15-7-8-17-47-18-13-28(35)32-14-5-3-2-4-6-16-34-54(38,39)51-56(42,43)53-57(44,45)52-55(40,41)48-21-24-11-12-27(31)49-24/h9-10,19-20,24,27H,2-8,11-18,21,31H2,1H3,(H,32,35)(H,33,36)(H,40,41)(H,42,43)(H,44,45)(H2,34,38,39)/t24-,27+/m0/s1. The van der Waals surface area contributed by atoms with Gasteiger partial charge in [-0.25, -0.2) is 28.1 Å². The van der Waals surface area contributed by atoms with Gasteiger partial charge in [-0.15, -0.1) is 0 Å². The fourth-order valence-electron chi connectivity index (χ4n) is 5.25. The third-order valence-electron chi connectivity index (χ3n) is 8.02. The molecule has 3 rings (SSSR count). The summed E-state index contributed by atoms with van der Waals surface area (Å²) < 4.78 is 85.9. The molecule has 1 aromatic carbocycles. The molecule has 1 saturated heterocycles. The van der Waals surface area contributed by atoms with Crippen LogP contribution in [0, 0.1) is 0 Å². The molecule has 0 saturated carbocycles. The van der Waals surface area contributed by atoms with Crippen LogP contribution >= 0.6 is 31.2 Å². The predicted molar refractivity (Wildman–Crippen MR) is 205 cm³/mol. The van der Waals surface area contributed by atoms with Crippen LogP contribution in [0.2, 0.25) is 0 Å². The van der Waals surface area contributed by atoms with E-state index in [0.29, 0.717) is 87.8 Å². The molecule has 0 bridgehead atoms. The van der Waals surface area contributed by atoms with E-state index >= 15 is 0 Å². The van der Waals surface area contributed by atoms with E-state index in [-0.39, 0.29) is 37.0 Å². The van der Waals surface area contributed by atoms with E-state index in [1.165, 1.54) is 13.2 Å². The number of carbonyl (C=O) groups excluding carboxylic acids is 2. The van der Waals surface area contributed by atoms with Crippen molar-refractivity contribution in [3.63, 3.8) is 0 Å². The number of methoxy groups -OCH3 is 1. The second kappa shape index (κ2) is 23.5. The Hall–Kier alpha value is -2.29. The maximum atomic E-state index is 12.5. The van der Waals surface area contributed by atoms with Gasteiger partial charge in [-0.3, -0.25) is 14.1 Å². The van der Waals surface area contributed by atoms with Gasteiger partial charge in [0.1, 0.15) is 24.7 Å². The Morgan fingerprint density at radius 1 is 0.825 bits per heavy atom. The number of phosphoric acid groups is 3. The summed E-state index contributed by atoms with van der Waals surface area (Å²) in [5.41, 5.74) is -0.536. The molecule has 57 heavy (non-hydrogen) atoms. The Morgan fingerprint density at radius 3 is 2.18 bits per heavy atom. The van der Waals surface area contributed by atoms with Crippen molar-refractivity contribution in [1.82, 2.24) is 15.7 Å². The highest BCUT2D eigenvalue weighted by atomic mass is 31.3. The molecular weight excluding hydrogens is 841 g/mol. The average Bonchev–Trinajstić information content (AvgIpc) is 3.53. The van der Waals surface area contributed by atoms with Crippen LogP contribution < -0.4 is 26.1 Å². The fourth-order valence-corrected chi connectivity index (χ4v) is 10.5. The number of ether oxygens (including phenoxy) is 3. The monoisotopic (exact) mass is 891 g/mol.